The number of aromatic nitrogens is 2. The Morgan fingerprint density at radius 2 is 2.21 bits per heavy atom. The van der Waals surface area contributed by atoms with Crippen LogP contribution >= 0.6 is 46.0 Å². The second-order valence-corrected chi connectivity index (χ2v) is 7.42. The fourth-order valence-corrected chi connectivity index (χ4v) is 3.72. The Balaban J connectivity index is 2.63. The first-order valence-electron chi connectivity index (χ1n) is 6.38. The molecule has 1 aromatic heterocycles. The summed E-state index contributed by atoms with van der Waals surface area (Å²) in [6, 6.07) is 6.88. The van der Waals surface area contributed by atoms with Gasteiger partial charge in [-0.1, -0.05) is 6.92 Å². The summed E-state index contributed by atoms with van der Waals surface area (Å²) < 4.78 is 3.54. The first kappa shape index (κ1) is 15.4. The standard InChI is InChI=1S/C14H18ClIN2S/c1-4-11(8-19-3)18-13-6-5-10(16)7-12(13)17-14(18)9(2)15/h5-7,9,11H,4,8H2,1-3H3. The molecule has 2 rings (SSSR count). The van der Waals surface area contributed by atoms with E-state index in [1.807, 2.05) is 18.7 Å². The van der Waals surface area contributed by atoms with Gasteiger partial charge in [0.25, 0.3) is 0 Å². The molecule has 0 saturated carbocycles. The predicted molar refractivity (Wildman–Crippen MR) is 94.4 cm³/mol. The molecule has 5 heteroatoms. The van der Waals surface area contributed by atoms with Crippen LogP contribution in [0, 0.1) is 3.57 Å². The smallest absolute Gasteiger partial charge is 0.127 e. The summed E-state index contributed by atoms with van der Waals surface area (Å²) in [6.07, 6.45) is 3.24. The Morgan fingerprint density at radius 1 is 1.47 bits per heavy atom. The summed E-state index contributed by atoms with van der Waals surface area (Å²) in [4.78, 5) is 4.74. The highest BCUT2D eigenvalue weighted by Crippen LogP contribution is 2.31. The minimum absolute atomic E-state index is 0.0685. The molecule has 0 aliphatic carbocycles. The Hall–Kier alpha value is 0.0600. The van der Waals surface area contributed by atoms with Gasteiger partial charge in [0.1, 0.15) is 5.82 Å². The zero-order valence-corrected chi connectivity index (χ0v) is 15.1. The third kappa shape index (κ3) is 3.22. The molecule has 0 saturated heterocycles. The fourth-order valence-electron chi connectivity index (χ4n) is 2.32. The van der Waals surface area contributed by atoms with Crippen molar-refractivity contribution in [3.8, 4) is 0 Å². The number of nitrogens with zero attached hydrogens (tertiary/aromatic N) is 2. The Kier molecular flexibility index (Phi) is 5.43. The van der Waals surface area contributed by atoms with Crippen LogP contribution in [0.25, 0.3) is 11.0 Å². The minimum Gasteiger partial charge on any atom is -0.323 e. The van der Waals surface area contributed by atoms with E-state index in [1.54, 1.807) is 0 Å². The van der Waals surface area contributed by atoms with Gasteiger partial charge in [0.05, 0.1) is 16.4 Å². The minimum atomic E-state index is -0.0685. The molecular weight excluding hydrogens is 391 g/mol. The van der Waals surface area contributed by atoms with Crippen molar-refractivity contribution in [2.75, 3.05) is 12.0 Å². The number of fused-ring (bicyclic) bond motifs is 1. The van der Waals surface area contributed by atoms with Crippen molar-refractivity contribution in [2.45, 2.75) is 31.7 Å². The van der Waals surface area contributed by atoms with E-state index < -0.39 is 0 Å². The number of thioether (sulfide) groups is 1. The summed E-state index contributed by atoms with van der Waals surface area (Å²) >= 11 is 10.5. The lowest BCUT2D eigenvalue weighted by molar-refractivity contribution is 0.530. The summed E-state index contributed by atoms with van der Waals surface area (Å²) in [7, 11) is 0. The van der Waals surface area contributed by atoms with Crippen LogP contribution in [0.4, 0.5) is 0 Å². The fraction of sp³-hybridized carbons (Fsp3) is 0.500. The molecule has 0 radical (unpaired) electrons. The van der Waals surface area contributed by atoms with Crippen molar-refractivity contribution in [1.82, 2.24) is 9.55 Å². The average molecular weight is 409 g/mol. The van der Waals surface area contributed by atoms with Crippen molar-refractivity contribution in [2.24, 2.45) is 0 Å². The highest BCUT2D eigenvalue weighted by atomic mass is 127. The van der Waals surface area contributed by atoms with E-state index >= 15 is 0 Å². The van der Waals surface area contributed by atoms with Crippen LogP contribution in [-0.2, 0) is 0 Å². The summed E-state index contributed by atoms with van der Waals surface area (Å²) in [5.41, 5.74) is 2.25. The normalized spacial score (nSPS) is 14.8. The summed E-state index contributed by atoms with van der Waals surface area (Å²) in [6.45, 7) is 4.22. The zero-order chi connectivity index (χ0) is 14.0. The van der Waals surface area contributed by atoms with Gasteiger partial charge >= 0.3 is 0 Å². The van der Waals surface area contributed by atoms with Crippen molar-refractivity contribution in [3.05, 3.63) is 27.6 Å². The van der Waals surface area contributed by atoms with Crippen LogP contribution in [0.5, 0.6) is 0 Å². The van der Waals surface area contributed by atoms with Crippen molar-refractivity contribution in [3.63, 3.8) is 0 Å². The van der Waals surface area contributed by atoms with Crippen LogP contribution in [0.3, 0.4) is 0 Å². The van der Waals surface area contributed by atoms with Crippen LogP contribution in [0.2, 0.25) is 0 Å². The zero-order valence-electron chi connectivity index (χ0n) is 11.4. The Morgan fingerprint density at radius 3 is 2.79 bits per heavy atom. The lowest BCUT2D eigenvalue weighted by atomic mass is 10.2. The van der Waals surface area contributed by atoms with Gasteiger partial charge in [0.2, 0.25) is 0 Å². The van der Waals surface area contributed by atoms with Gasteiger partial charge in [-0.15, -0.1) is 11.6 Å². The summed E-state index contributed by atoms with van der Waals surface area (Å²) in [5, 5.41) is -0.0685. The predicted octanol–water partition coefficient (Wildman–Crippen LogP) is 5.25. The molecule has 0 N–H and O–H groups in total. The molecule has 1 aromatic carbocycles. The molecule has 2 atom stereocenters. The molecule has 0 fully saturated rings. The first-order chi connectivity index (χ1) is 9.08. The van der Waals surface area contributed by atoms with Gasteiger partial charge in [-0.25, -0.2) is 4.98 Å². The number of benzene rings is 1. The molecule has 0 spiro atoms. The van der Waals surface area contributed by atoms with Crippen LogP contribution < -0.4 is 0 Å². The molecule has 19 heavy (non-hydrogen) atoms. The maximum Gasteiger partial charge on any atom is 0.127 e. The van der Waals surface area contributed by atoms with Gasteiger partial charge < -0.3 is 4.57 Å². The number of hydrogen-bond donors (Lipinski definition) is 0. The van der Waals surface area contributed by atoms with Crippen LogP contribution in [0.15, 0.2) is 18.2 Å². The Labute approximate surface area is 137 Å². The van der Waals surface area contributed by atoms with E-state index in [9.17, 15) is 0 Å². The van der Waals surface area contributed by atoms with Gasteiger partial charge in [-0.3, -0.25) is 0 Å². The van der Waals surface area contributed by atoms with E-state index in [0.717, 1.165) is 23.5 Å². The molecule has 0 amide bonds. The maximum absolute atomic E-state index is 6.33. The lowest BCUT2D eigenvalue weighted by Crippen LogP contribution is -2.14. The van der Waals surface area contributed by atoms with Crippen LogP contribution in [0.1, 0.15) is 37.5 Å². The van der Waals surface area contributed by atoms with Crippen LogP contribution in [-0.4, -0.2) is 21.6 Å². The molecule has 0 aliphatic rings. The van der Waals surface area contributed by atoms with Crippen molar-refractivity contribution < 1.29 is 0 Å². The van der Waals surface area contributed by atoms with E-state index in [0.29, 0.717) is 6.04 Å². The molecule has 104 valence electrons. The van der Waals surface area contributed by atoms with Crippen molar-refractivity contribution in [1.29, 1.82) is 0 Å². The van der Waals surface area contributed by atoms with E-state index in [1.165, 1.54) is 9.09 Å². The van der Waals surface area contributed by atoms with E-state index in [-0.39, 0.29) is 5.38 Å². The Bertz CT molecular complexity index is 568. The molecule has 2 nitrogen and oxygen atoms in total. The molecule has 2 unspecified atom stereocenters. The highest BCUT2D eigenvalue weighted by molar-refractivity contribution is 14.1. The number of halogens is 2. The second-order valence-electron chi connectivity index (χ2n) is 4.61. The van der Waals surface area contributed by atoms with E-state index in [4.69, 9.17) is 16.6 Å². The average Bonchev–Trinajstić information content (AvgIpc) is 2.74. The number of hydrogen-bond acceptors (Lipinski definition) is 2. The first-order valence-corrected chi connectivity index (χ1v) is 9.29. The monoisotopic (exact) mass is 408 g/mol. The van der Waals surface area contributed by atoms with Gasteiger partial charge in [0, 0.05) is 15.4 Å². The largest absolute Gasteiger partial charge is 0.323 e. The third-order valence-electron chi connectivity index (χ3n) is 3.23. The number of imidazole rings is 1. The maximum atomic E-state index is 6.33. The van der Waals surface area contributed by atoms with Gasteiger partial charge in [0.15, 0.2) is 0 Å². The van der Waals surface area contributed by atoms with E-state index in [2.05, 4.69) is 58.5 Å². The molecule has 1 heterocycles. The van der Waals surface area contributed by atoms with Gasteiger partial charge in [-0.05, 0) is 60.4 Å². The SMILES string of the molecule is CCC(CSC)n1c(C(C)Cl)nc2cc(I)ccc21. The molecular formula is C14H18ClIN2S. The topological polar surface area (TPSA) is 17.8 Å². The third-order valence-corrected chi connectivity index (χ3v) is 4.81. The lowest BCUT2D eigenvalue weighted by Gasteiger charge is -2.20. The molecule has 2 aromatic rings. The van der Waals surface area contributed by atoms with Gasteiger partial charge in [-0.2, -0.15) is 11.8 Å². The number of alkyl halides is 1. The number of rotatable bonds is 5. The van der Waals surface area contributed by atoms with Crippen molar-refractivity contribution >= 4 is 57.0 Å². The summed E-state index contributed by atoms with van der Waals surface area (Å²) in [5.74, 6) is 2.07. The molecule has 0 aliphatic heterocycles. The second kappa shape index (κ2) is 6.68. The quantitative estimate of drug-likeness (QED) is 0.496. The highest BCUT2D eigenvalue weighted by Gasteiger charge is 2.20. The molecule has 0 bridgehead atoms.